The zero-order valence-corrected chi connectivity index (χ0v) is 11.0. The molecule has 0 bridgehead atoms. The molecule has 2 N–H and O–H groups in total. The lowest BCUT2D eigenvalue weighted by Gasteiger charge is -2.36. The summed E-state index contributed by atoms with van der Waals surface area (Å²) in [4.78, 5) is 11.7. The highest BCUT2D eigenvalue weighted by Crippen LogP contribution is 2.44. The van der Waals surface area contributed by atoms with Gasteiger partial charge in [-0.15, -0.1) is 0 Å². The van der Waals surface area contributed by atoms with Crippen molar-refractivity contribution in [3.63, 3.8) is 0 Å². The van der Waals surface area contributed by atoms with Crippen molar-refractivity contribution in [3.8, 4) is 0 Å². The van der Waals surface area contributed by atoms with Gasteiger partial charge < -0.3 is 14.9 Å². The third-order valence-electron chi connectivity index (χ3n) is 3.40. The molecule has 2 rings (SSSR count). The van der Waals surface area contributed by atoms with Gasteiger partial charge in [-0.3, -0.25) is 8.42 Å². The van der Waals surface area contributed by atoms with Crippen LogP contribution >= 0.6 is 0 Å². The Kier molecular flexibility index (Phi) is 3.18. The highest BCUT2D eigenvalue weighted by Gasteiger charge is 2.67. The van der Waals surface area contributed by atoms with E-state index in [4.69, 9.17) is 0 Å². The first-order valence-electron chi connectivity index (χ1n) is 5.11. The monoisotopic (exact) mass is 282 g/mol. The van der Waals surface area contributed by atoms with Gasteiger partial charge in [0, 0.05) is 33.8 Å². The number of cyclic esters (lactones) is 1. The Hall–Kier alpha value is -0.310. The molecule has 98 valence electrons. The van der Waals surface area contributed by atoms with Gasteiger partial charge in [-0.25, -0.2) is 4.79 Å². The van der Waals surface area contributed by atoms with Gasteiger partial charge in [0.1, 0.15) is 22.5 Å². The summed E-state index contributed by atoms with van der Waals surface area (Å²) in [6.07, 6.45) is 0.187. The predicted molar refractivity (Wildman–Crippen MR) is 60.9 cm³/mol. The average Bonchev–Trinajstić information content (AvgIpc) is 2.43. The fourth-order valence-electron chi connectivity index (χ4n) is 2.52. The molecule has 2 fully saturated rings. The largest absolute Gasteiger partial charge is 0.461 e. The van der Waals surface area contributed by atoms with Gasteiger partial charge in [-0.1, -0.05) is 6.92 Å². The van der Waals surface area contributed by atoms with Crippen LogP contribution in [0.4, 0.5) is 0 Å². The van der Waals surface area contributed by atoms with E-state index >= 15 is 0 Å². The molecule has 0 aromatic heterocycles. The van der Waals surface area contributed by atoms with Crippen LogP contribution in [-0.2, 0) is 31.1 Å². The number of aliphatic hydroxyl groups is 2. The highest BCUT2D eigenvalue weighted by molar-refractivity contribution is 8.03. The summed E-state index contributed by atoms with van der Waals surface area (Å²) in [5.74, 6) is -1.66. The molecule has 0 amide bonds. The van der Waals surface area contributed by atoms with E-state index in [0.717, 1.165) is 0 Å². The Balaban J connectivity index is 2.51. The van der Waals surface area contributed by atoms with Crippen molar-refractivity contribution in [1.29, 1.82) is 0 Å². The van der Waals surface area contributed by atoms with Gasteiger partial charge in [0.05, 0.1) is 0 Å². The molecule has 2 unspecified atom stereocenters. The van der Waals surface area contributed by atoms with Crippen LogP contribution in [-0.4, -0.2) is 59.0 Å². The van der Waals surface area contributed by atoms with E-state index in [9.17, 15) is 23.4 Å². The predicted octanol–water partition coefficient (Wildman–Crippen LogP) is -1.89. The fraction of sp³-hybridized carbons (Fsp3) is 0.889. The van der Waals surface area contributed by atoms with Crippen LogP contribution in [0.1, 0.15) is 6.92 Å². The zero-order valence-electron chi connectivity index (χ0n) is 9.36. The third-order valence-corrected chi connectivity index (χ3v) is 7.89. The van der Waals surface area contributed by atoms with Crippen molar-refractivity contribution >= 4 is 27.6 Å². The second-order valence-electron chi connectivity index (χ2n) is 4.40. The summed E-state index contributed by atoms with van der Waals surface area (Å²) in [5, 5.41) is 18.9. The van der Waals surface area contributed by atoms with E-state index in [1.807, 2.05) is 0 Å². The first kappa shape index (κ1) is 13.1. The lowest BCUT2D eigenvalue weighted by molar-refractivity contribution is -0.187. The van der Waals surface area contributed by atoms with Crippen molar-refractivity contribution in [2.24, 2.45) is 5.92 Å². The van der Waals surface area contributed by atoms with E-state index in [-0.39, 0.29) is 6.61 Å². The number of fused-ring (bicyclic) bond motifs is 1. The summed E-state index contributed by atoms with van der Waals surface area (Å²) in [5.41, 5.74) is -2.00. The number of carbonyl (C=O) groups excluding carboxylic acids is 1. The van der Waals surface area contributed by atoms with Crippen LogP contribution in [0, 0.1) is 5.92 Å². The Morgan fingerprint density at radius 2 is 2.18 bits per heavy atom. The summed E-state index contributed by atoms with van der Waals surface area (Å²) < 4.78 is 27.5. The maximum absolute atomic E-state index is 12.1. The van der Waals surface area contributed by atoms with Crippen molar-refractivity contribution in [2.75, 3.05) is 12.9 Å². The molecule has 2 aliphatic heterocycles. The average molecular weight is 282 g/mol. The second-order valence-corrected chi connectivity index (χ2v) is 7.87. The topological polar surface area (TPSA) is 101 Å². The molecule has 17 heavy (non-hydrogen) atoms. The Labute approximate surface area is 103 Å². The molecule has 0 aliphatic carbocycles. The zero-order chi connectivity index (χ0) is 13.0. The molecular formula is C9H14O6S2. The minimum atomic E-state index is -2.00. The van der Waals surface area contributed by atoms with E-state index in [0.29, 0.717) is 0 Å². The van der Waals surface area contributed by atoms with Crippen LogP contribution in [0.2, 0.25) is 0 Å². The lowest BCUT2D eigenvalue weighted by atomic mass is 9.83. The molecule has 2 aliphatic rings. The third kappa shape index (κ3) is 1.61. The van der Waals surface area contributed by atoms with Gasteiger partial charge >= 0.3 is 5.97 Å². The quantitative estimate of drug-likeness (QED) is 0.545. The van der Waals surface area contributed by atoms with Crippen LogP contribution in [0.3, 0.4) is 0 Å². The molecule has 0 aromatic rings. The van der Waals surface area contributed by atoms with Crippen molar-refractivity contribution in [2.45, 2.75) is 28.5 Å². The molecule has 7 atom stereocenters. The van der Waals surface area contributed by atoms with Crippen molar-refractivity contribution in [3.05, 3.63) is 0 Å². The molecule has 6 nitrogen and oxygen atoms in total. The van der Waals surface area contributed by atoms with Gasteiger partial charge in [-0.2, -0.15) is 0 Å². The number of hydrogen-bond donors (Lipinski definition) is 2. The van der Waals surface area contributed by atoms with Gasteiger partial charge in [-0.05, 0) is 0 Å². The van der Waals surface area contributed by atoms with Gasteiger partial charge in [0.15, 0.2) is 5.60 Å². The molecule has 8 heteroatoms. The van der Waals surface area contributed by atoms with E-state index in [1.165, 1.54) is 13.2 Å². The number of ether oxygens (including phenoxy) is 1. The number of esters is 1. The number of hydrogen-bond acceptors (Lipinski definition) is 6. The minimum absolute atomic E-state index is 0.284. The maximum atomic E-state index is 12.1. The smallest absolute Gasteiger partial charge is 0.339 e. The molecule has 0 aromatic carbocycles. The number of aliphatic hydroxyl groups excluding tert-OH is 1. The molecular weight excluding hydrogens is 268 g/mol. The Morgan fingerprint density at radius 1 is 1.59 bits per heavy atom. The molecule has 2 heterocycles. The normalized spacial score (nSPS) is 51.8. The number of carbonyl (C=O) groups is 1. The molecule has 0 saturated carbocycles. The van der Waals surface area contributed by atoms with Crippen molar-refractivity contribution < 1.29 is 28.2 Å². The second kappa shape index (κ2) is 4.11. The number of rotatable bonds is 1. The maximum Gasteiger partial charge on any atom is 0.339 e. The standard InChI is InChI=1S/C9H14O6S2/c1-4-7(16(2)13)17(14)6-5(10)3-15-8(11)9(4,6)12/h4-7,10,12H,3H2,1-2H3/t4-,5-,6+,7-,9-,16?,17?/m0/s1. The van der Waals surface area contributed by atoms with Crippen LogP contribution in [0.15, 0.2) is 0 Å². The van der Waals surface area contributed by atoms with Crippen LogP contribution in [0.5, 0.6) is 0 Å². The summed E-state index contributed by atoms with van der Waals surface area (Å²) >= 11 is 0. The SMILES string of the molecule is C[C@H]1[C@@H](S(C)=O)S(=O)[C@@H]2[C@@H](O)COC(=O)[C@]12O. The molecule has 0 radical (unpaired) electrons. The Bertz CT molecular complexity index is 410. The highest BCUT2D eigenvalue weighted by atomic mass is 32.2. The molecule has 0 spiro atoms. The summed E-state index contributed by atoms with van der Waals surface area (Å²) in [7, 11) is -3.18. The van der Waals surface area contributed by atoms with E-state index in [2.05, 4.69) is 4.74 Å². The summed E-state index contributed by atoms with van der Waals surface area (Å²) in [6, 6.07) is 0. The van der Waals surface area contributed by atoms with E-state index < -0.39 is 55.0 Å². The van der Waals surface area contributed by atoms with Gasteiger partial charge in [0.25, 0.3) is 0 Å². The first-order chi connectivity index (χ1) is 7.81. The minimum Gasteiger partial charge on any atom is -0.461 e. The van der Waals surface area contributed by atoms with Gasteiger partial charge in [0.2, 0.25) is 0 Å². The summed E-state index contributed by atoms with van der Waals surface area (Å²) in [6.45, 7) is 1.22. The van der Waals surface area contributed by atoms with Crippen LogP contribution < -0.4 is 0 Å². The Morgan fingerprint density at radius 3 is 2.65 bits per heavy atom. The lowest BCUT2D eigenvalue weighted by Crippen LogP contribution is -2.61. The molecule has 2 saturated heterocycles. The first-order valence-corrected chi connectivity index (χ1v) is 8.00. The van der Waals surface area contributed by atoms with Crippen molar-refractivity contribution in [1.82, 2.24) is 0 Å². The van der Waals surface area contributed by atoms with Crippen LogP contribution in [0.25, 0.3) is 0 Å². The van der Waals surface area contributed by atoms with E-state index in [1.54, 1.807) is 0 Å². The fourth-order valence-corrected chi connectivity index (χ4v) is 6.69.